The zero-order valence-corrected chi connectivity index (χ0v) is 12.8. The van der Waals surface area contributed by atoms with Crippen LogP contribution in [0.4, 0.5) is 5.69 Å². The quantitative estimate of drug-likeness (QED) is 0.749. The molecular weight excluding hydrogens is 308 g/mol. The van der Waals surface area contributed by atoms with Gasteiger partial charge in [-0.2, -0.15) is 10.1 Å². The van der Waals surface area contributed by atoms with Gasteiger partial charge in [-0.25, -0.2) is 0 Å². The molecule has 4 rings (SSSR count). The number of hydrogen-bond donors (Lipinski definition) is 2. The van der Waals surface area contributed by atoms with E-state index in [1.165, 1.54) is 0 Å². The van der Waals surface area contributed by atoms with Crippen molar-refractivity contribution in [2.45, 2.75) is 18.4 Å². The Hall–Kier alpha value is -3.00. The van der Waals surface area contributed by atoms with Crippen molar-refractivity contribution in [2.24, 2.45) is 5.73 Å². The highest BCUT2D eigenvalue weighted by molar-refractivity contribution is 5.96. The summed E-state index contributed by atoms with van der Waals surface area (Å²) in [5, 5.41) is 10.6. The van der Waals surface area contributed by atoms with Crippen molar-refractivity contribution in [3.05, 3.63) is 60.0 Å². The Morgan fingerprint density at radius 2 is 2.17 bits per heavy atom. The Morgan fingerprint density at radius 1 is 1.33 bits per heavy atom. The van der Waals surface area contributed by atoms with Crippen LogP contribution in [0.25, 0.3) is 0 Å². The topological polar surface area (TPSA) is 114 Å². The smallest absolute Gasteiger partial charge is 0.232 e. The summed E-state index contributed by atoms with van der Waals surface area (Å²) in [6.45, 7) is 0.487. The molecule has 2 aromatic heterocycles. The molecule has 0 radical (unpaired) electrons. The number of anilines is 1. The van der Waals surface area contributed by atoms with E-state index in [9.17, 15) is 4.79 Å². The van der Waals surface area contributed by atoms with E-state index < -0.39 is 6.04 Å². The molecule has 1 aliphatic rings. The van der Waals surface area contributed by atoms with Gasteiger partial charge in [0.05, 0.1) is 23.8 Å². The summed E-state index contributed by atoms with van der Waals surface area (Å²) in [6.07, 6.45) is 3.63. The molecule has 24 heavy (non-hydrogen) atoms. The fourth-order valence-corrected chi connectivity index (χ4v) is 2.86. The average molecular weight is 324 g/mol. The number of amides is 1. The Kier molecular flexibility index (Phi) is 3.58. The molecule has 2 unspecified atom stereocenters. The fourth-order valence-electron chi connectivity index (χ4n) is 2.86. The third-order valence-electron chi connectivity index (χ3n) is 4.16. The Labute approximate surface area is 137 Å². The average Bonchev–Trinajstić information content (AvgIpc) is 3.35. The highest BCUT2D eigenvalue weighted by Gasteiger charge is 2.35. The van der Waals surface area contributed by atoms with E-state index in [1.807, 2.05) is 30.3 Å². The van der Waals surface area contributed by atoms with E-state index in [1.54, 1.807) is 17.3 Å². The van der Waals surface area contributed by atoms with Crippen molar-refractivity contribution < 1.29 is 9.32 Å². The molecule has 1 fully saturated rings. The molecule has 2 atom stereocenters. The van der Waals surface area contributed by atoms with Gasteiger partial charge in [-0.1, -0.05) is 35.5 Å². The number of carbonyl (C=O) groups excluding carboxylic acids is 1. The van der Waals surface area contributed by atoms with E-state index >= 15 is 0 Å². The second-order valence-electron chi connectivity index (χ2n) is 5.74. The molecule has 3 aromatic rings. The van der Waals surface area contributed by atoms with Crippen LogP contribution < -0.4 is 10.6 Å². The van der Waals surface area contributed by atoms with Crippen molar-refractivity contribution in [3.8, 4) is 0 Å². The largest absolute Gasteiger partial charge is 0.339 e. The van der Waals surface area contributed by atoms with Gasteiger partial charge in [-0.15, -0.1) is 0 Å². The van der Waals surface area contributed by atoms with Gasteiger partial charge in [-0.3, -0.25) is 9.89 Å². The standard InChI is InChI=1S/C16H16N6O2/c17-14(10-4-2-1-3-5-10)15-20-16(24-21-15)11-6-13(23)22(9-11)12-7-18-19-8-12/h1-5,7-8,11,14H,6,9,17H2,(H,18,19). The molecule has 1 amide bonds. The van der Waals surface area contributed by atoms with Crippen LogP contribution in [0.5, 0.6) is 0 Å². The Balaban J connectivity index is 1.52. The minimum absolute atomic E-state index is 0.00788. The molecule has 0 saturated carbocycles. The van der Waals surface area contributed by atoms with E-state index in [4.69, 9.17) is 10.3 Å². The molecule has 0 bridgehead atoms. The van der Waals surface area contributed by atoms with Crippen LogP contribution in [0, 0.1) is 0 Å². The molecule has 0 spiro atoms. The summed E-state index contributed by atoms with van der Waals surface area (Å²) in [5.74, 6) is 0.728. The third kappa shape index (κ3) is 2.56. The summed E-state index contributed by atoms with van der Waals surface area (Å²) < 4.78 is 5.36. The maximum absolute atomic E-state index is 12.2. The number of nitrogens with one attached hydrogen (secondary N) is 1. The second kappa shape index (κ2) is 5.89. The van der Waals surface area contributed by atoms with Crippen molar-refractivity contribution in [1.29, 1.82) is 0 Å². The summed E-state index contributed by atoms with van der Waals surface area (Å²) in [6, 6.07) is 9.13. The zero-order chi connectivity index (χ0) is 16.5. The second-order valence-corrected chi connectivity index (χ2v) is 5.74. The van der Waals surface area contributed by atoms with Crippen LogP contribution in [0.3, 0.4) is 0 Å². The number of nitrogens with two attached hydrogens (primary N) is 1. The lowest BCUT2D eigenvalue weighted by molar-refractivity contribution is -0.117. The first-order valence-electron chi connectivity index (χ1n) is 7.65. The monoisotopic (exact) mass is 324 g/mol. The van der Waals surface area contributed by atoms with Gasteiger partial charge in [0.15, 0.2) is 5.82 Å². The van der Waals surface area contributed by atoms with Crippen molar-refractivity contribution >= 4 is 11.6 Å². The molecule has 8 nitrogen and oxygen atoms in total. The molecule has 0 aliphatic carbocycles. The number of carbonyl (C=O) groups is 1. The van der Waals surface area contributed by atoms with Gasteiger partial charge in [0.25, 0.3) is 0 Å². The summed E-state index contributed by atoms with van der Waals surface area (Å²) in [5.41, 5.74) is 7.83. The molecular formula is C16H16N6O2. The number of aromatic nitrogens is 4. The lowest BCUT2D eigenvalue weighted by Crippen LogP contribution is -2.23. The van der Waals surface area contributed by atoms with Crippen LogP contribution in [0.2, 0.25) is 0 Å². The van der Waals surface area contributed by atoms with Crippen molar-refractivity contribution in [1.82, 2.24) is 20.3 Å². The predicted octanol–water partition coefficient (Wildman–Crippen LogP) is 1.36. The predicted molar refractivity (Wildman–Crippen MR) is 85.1 cm³/mol. The molecule has 3 N–H and O–H groups in total. The number of hydrogen-bond acceptors (Lipinski definition) is 6. The van der Waals surface area contributed by atoms with Crippen LogP contribution in [-0.2, 0) is 4.79 Å². The molecule has 8 heteroatoms. The van der Waals surface area contributed by atoms with Crippen molar-refractivity contribution in [3.63, 3.8) is 0 Å². The first kappa shape index (κ1) is 14.6. The van der Waals surface area contributed by atoms with Crippen LogP contribution in [0.15, 0.2) is 47.2 Å². The number of benzene rings is 1. The highest BCUT2D eigenvalue weighted by Crippen LogP contribution is 2.31. The first-order chi connectivity index (χ1) is 11.7. The minimum Gasteiger partial charge on any atom is -0.339 e. The maximum Gasteiger partial charge on any atom is 0.232 e. The van der Waals surface area contributed by atoms with Crippen LogP contribution >= 0.6 is 0 Å². The van der Waals surface area contributed by atoms with E-state index in [0.29, 0.717) is 24.7 Å². The van der Waals surface area contributed by atoms with Crippen LogP contribution in [0.1, 0.15) is 35.7 Å². The maximum atomic E-state index is 12.2. The lowest BCUT2D eigenvalue weighted by atomic mass is 10.1. The van der Waals surface area contributed by atoms with Gasteiger partial charge in [-0.05, 0) is 5.56 Å². The number of nitrogens with zero attached hydrogens (tertiary/aromatic N) is 4. The van der Waals surface area contributed by atoms with E-state index in [2.05, 4.69) is 20.3 Å². The van der Waals surface area contributed by atoms with Gasteiger partial charge in [0.2, 0.25) is 11.8 Å². The highest BCUT2D eigenvalue weighted by atomic mass is 16.5. The molecule has 1 aromatic carbocycles. The van der Waals surface area contributed by atoms with Crippen molar-refractivity contribution in [2.75, 3.05) is 11.4 Å². The van der Waals surface area contributed by atoms with Crippen LogP contribution in [-0.4, -0.2) is 32.8 Å². The third-order valence-corrected chi connectivity index (χ3v) is 4.16. The number of aromatic amines is 1. The normalized spacial score (nSPS) is 19.0. The van der Waals surface area contributed by atoms with Gasteiger partial charge in [0, 0.05) is 19.2 Å². The molecule has 1 saturated heterocycles. The van der Waals surface area contributed by atoms with E-state index in [0.717, 1.165) is 11.3 Å². The lowest BCUT2D eigenvalue weighted by Gasteiger charge is -2.12. The summed E-state index contributed by atoms with van der Waals surface area (Å²) in [4.78, 5) is 18.3. The Morgan fingerprint density at radius 3 is 2.92 bits per heavy atom. The summed E-state index contributed by atoms with van der Waals surface area (Å²) in [7, 11) is 0. The fraction of sp³-hybridized carbons (Fsp3) is 0.250. The minimum atomic E-state index is -0.453. The number of H-pyrrole nitrogens is 1. The first-order valence-corrected chi connectivity index (χ1v) is 7.65. The Bertz CT molecular complexity index is 829. The van der Waals surface area contributed by atoms with E-state index in [-0.39, 0.29) is 11.8 Å². The molecule has 1 aliphatic heterocycles. The van der Waals surface area contributed by atoms with Gasteiger partial charge >= 0.3 is 0 Å². The number of rotatable bonds is 4. The summed E-state index contributed by atoms with van der Waals surface area (Å²) >= 11 is 0. The SMILES string of the molecule is NC(c1ccccc1)c1noc(C2CC(=O)N(c3cn[nH]c3)C2)n1. The molecule has 3 heterocycles. The van der Waals surface area contributed by atoms with Gasteiger partial charge < -0.3 is 15.2 Å². The zero-order valence-electron chi connectivity index (χ0n) is 12.8. The molecule has 122 valence electrons. The van der Waals surface area contributed by atoms with Gasteiger partial charge in [0.1, 0.15) is 0 Å².